The molecule has 0 bridgehead atoms. The molecule has 3 heterocycles. The third-order valence-corrected chi connectivity index (χ3v) is 4.43. The SMILES string of the molecule is O=C(Nc1ccc(-c2cc3c(cc2Cl)OC(F)(F)O3)cn1)C1CCOC1. The molecule has 0 spiro atoms. The van der Waals surface area contributed by atoms with Gasteiger partial charge in [0, 0.05) is 30.0 Å². The zero-order valence-electron chi connectivity index (χ0n) is 13.3. The molecule has 1 N–H and O–H groups in total. The highest BCUT2D eigenvalue weighted by Crippen LogP contribution is 2.45. The van der Waals surface area contributed by atoms with E-state index in [1.807, 2.05) is 0 Å². The molecule has 2 aliphatic heterocycles. The number of pyridine rings is 1. The number of hydrogen-bond acceptors (Lipinski definition) is 5. The van der Waals surface area contributed by atoms with E-state index in [4.69, 9.17) is 16.3 Å². The second kappa shape index (κ2) is 6.37. The molecule has 1 fully saturated rings. The highest BCUT2D eigenvalue weighted by molar-refractivity contribution is 6.33. The Kier molecular flexibility index (Phi) is 4.16. The summed E-state index contributed by atoms with van der Waals surface area (Å²) >= 11 is 6.15. The lowest BCUT2D eigenvalue weighted by atomic mass is 10.1. The average Bonchev–Trinajstić information content (AvgIpc) is 3.21. The molecule has 1 aromatic carbocycles. The van der Waals surface area contributed by atoms with Gasteiger partial charge in [-0.1, -0.05) is 11.6 Å². The molecule has 1 saturated heterocycles. The molecule has 6 nitrogen and oxygen atoms in total. The number of rotatable bonds is 3. The highest BCUT2D eigenvalue weighted by atomic mass is 35.5. The monoisotopic (exact) mass is 382 g/mol. The zero-order valence-corrected chi connectivity index (χ0v) is 14.1. The van der Waals surface area contributed by atoms with Crippen LogP contribution in [0, 0.1) is 5.92 Å². The number of anilines is 1. The van der Waals surface area contributed by atoms with Gasteiger partial charge in [-0.25, -0.2) is 4.98 Å². The number of nitrogens with zero attached hydrogens (tertiary/aromatic N) is 1. The van der Waals surface area contributed by atoms with E-state index in [1.54, 1.807) is 12.1 Å². The first-order valence-electron chi connectivity index (χ1n) is 7.86. The summed E-state index contributed by atoms with van der Waals surface area (Å²) in [4.78, 5) is 16.2. The van der Waals surface area contributed by atoms with Crippen molar-refractivity contribution < 1.29 is 27.8 Å². The molecule has 0 radical (unpaired) electrons. The summed E-state index contributed by atoms with van der Waals surface area (Å²) in [5.41, 5.74) is 1.04. The summed E-state index contributed by atoms with van der Waals surface area (Å²) in [5, 5.41) is 2.94. The van der Waals surface area contributed by atoms with Crippen LogP contribution in [0.3, 0.4) is 0 Å². The van der Waals surface area contributed by atoms with Crippen LogP contribution in [0.25, 0.3) is 11.1 Å². The third-order valence-electron chi connectivity index (χ3n) is 4.12. The Bertz CT molecular complexity index is 855. The minimum absolute atomic E-state index is 0.104. The minimum atomic E-state index is -3.71. The van der Waals surface area contributed by atoms with E-state index in [2.05, 4.69) is 19.8 Å². The number of carbonyl (C=O) groups excluding carboxylic acids is 1. The van der Waals surface area contributed by atoms with Gasteiger partial charge in [-0.15, -0.1) is 8.78 Å². The van der Waals surface area contributed by atoms with Gasteiger partial charge in [-0.05, 0) is 24.6 Å². The molecule has 1 atom stereocenters. The van der Waals surface area contributed by atoms with Gasteiger partial charge in [0.2, 0.25) is 5.91 Å². The van der Waals surface area contributed by atoms with E-state index < -0.39 is 6.29 Å². The van der Waals surface area contributed by atoms with Crippen LogP contribution < -0.4 is 14.8 Å². The largest absolute Gasteiger partial charge is 0.586 e. The van der Waals surface area contributed by atoms with Crippen LogP contribution in [0.15, 0.2) is 30.5 Å². The lowest BCUT2D eigenvalue weighted by molar-refractivity contribution is -0.286. The number of hydrogen-bond donors (Lipinski definition) is 1. The topological polar surface area (TPSA) is 69.7 Å². The Morgan fingerprint density at radius 3 is 2.69 bits per heavy atom. The number of alkyl halides is 2. The van der Waals surface area contributed by atoms with Crippen LogP contribution in [0.1, 0.15) is 6.42 Å². The van der Waals surface area contributed by atoms with Gasteiger partial charge in [-0.3, -0.25) is 4.79 Å². The number of benzene rings is 1. The fraction of sp³-hybridized carbons (Fsp3) is 0.294. The lowest BCUT2D eigenvalue weighted by Gasteiger charge is -2.10. The van der Waals surface area contributed by atoms with E-state index in [-0.39, 0.29) is 28.3 Å². The maximum atomic E-state index is 13.2. The van der Waals surface area contributed by atoms with Crippen molar-refractivity contribution in [3.63, 3.8) is 0 Å². The maximum Gasteiger partial charge on any atom is 0.586 e. The first kappa shape index (κ1) is 17.0. The average molecular weight is 383 g/mol. The highest BCUT2D eigenvalue weighted by Gasteiger charge is 2.43. The molecule has 4 rings (SSSR count). The number of fused-ring (bicyclic) bond motifs is 1. The van der Waals surface area contributed by atoms with E-state index in [9.17, 15) is 13.6 Å². The zero-order chi connectivity index (χ0) is 18.3. The molecule has 1 aromatic heterocycles. The van der Waals surface area contributed by atoms with Gasteiger partial charge >= 0.3 is 6.29 Å². The number of amides is 1. The van der Waals surface area contributed by atoms with Crippen LogP contribution in [-0.4, -0.2) is 30.4 Å². The van der Waals surface area contributed by atoms with E-state index in [0.717, 1.165) is 0 Å². The summed E-state index contributed by atoms with van der Waals surface area (Å²) < 4.78 is 40.3. The molecule has 0 saturated carbocycles. The molecule has 2 aliphatic rings. The third kappa shape index (κ3) is 3.30. The van der Waals surface area contributed by atoms with Gasteiger partial charge in [0.25, 0.3) is 0 Å². The van der Waals surface area contributed by atoms with Crippen LogP contribution in [-0.2, 0) is 9.53 Å². The predicted molar refractivity (Wildman–Crippen MR) is 88.4 cm³/mol. The Balaban J connectivity index is 1.53. The smallest absolute Gasteiger partial charge is 0.395 e. The quantitative estimate of drug-likeness (QED) is 0.876. The van der Waals surface area contributed by atoms with Gasteiger partial charge < -0.3 is 19.5 Å². The molecule has 2 aromatic rings. The van der Waals surface area contributed by atoms with Gasteiger partial charge in [-0.2, -0.15) is 0 Å². The lowest BCUT2D eigenvalue weighted by Crippen LogP contribution is -2.25. The van der Waals surface area contributed by atoms with Gasteiger partial charge in [0.15, 0.2) is 11.5 Å². The Labute approximate surface area is 152 Å². The van der Waals surface area contributed by atoms with Crippen molar-refractivity contribution in [3.8, 4) is 22.6 Å². The summed E-state index contributed by atoms with van der Waals surface area (Å²) in [6.07, 6.45) is -1.54. The number of carbonyl (C=O) groups is 1. The molecular formula is C17H13ClF2N2O4. The summed E-state index contributed by atoms with van der Waals surface area (Å²) in [5.74, 6) is -0.172. The number of nitrogens with one attached hydrogen (secondary N) is 1. The molecule has 1 amide bonds. The maximum absolute atomic E-state index is 13.2. The number of halogens is 3. The van der Waals surface area contributed by atoms with Crippen molar-refractivity contribution >= 4 is 23.3 Å². The van der Waals surface area contributed by atoms with Crippen molar-refractivity contribution in [2.75, 3.05) is 18.5 Å². The van der Waals surface area contributed by atoms with Crippen molar-refractivity contribution in [1.82, 2.24) is 4.98 Å². The molecule has 0 aliphatic carbocycles. The predicted octanol–water partition coefficient (Wildman–Crippen LogP) is 3.70. The molecule has 1 unspecified atom stereocenters. The summed E-state index contributed by atoms with van der Waals surface area (Å²) in [6.45, 7) is 0.980. The second-order valence-corrected chi connectivity index (χ2v) is 6.34. The molecule has 9 heteroatoms. The van der Waals surface area contributed by atoms with Crippen molar-refractivity contribution in [2.45, 2.75) is 12.7 Å². The standard InChI is InChI=1S/C17H13ClF2N2O4/c18-12-6-14-13(25-17(19,20)26-14)5-11(12)9-1-2-15(21-7-9)22-16(23)10-3-4-24-8-10/h1-2,5-7,10H,3-4,8H2,(H,21,22,23). The summed E-state index contributed by atoms with van der Waals surface area (Å²) in [7, 11) is 0. The van der Waals surface area contributed by atoms with Crippen LogP contribution in [0.2, 0.25) is 5.02 Å². The van der Waals surface area contributed by atoms with E-state index >= 15 is 0 Å². The number of ether oxygens (including phenoxy) is 3. The van der Waals surface area contributed by atoms with Crippen LogP contribution >= 0.6 is 11.6 Å². The Morgan fingerprint density at radius 1 is 1.27 bits per heavy atom. The molecule has 136 valence electrons. The van der Waals surface area contributed by atoms with Gasteiger partial charge in [0.1, 0.15) is 5.82 Å². The van der Waals surface area contributed by atoms with Crippen molar-refractivity contribution in [3.05, 3.63) is 35.5 Å². The first-order valence-corrected chi connectivity index (χ1v) is 8.23. The van der Waals surface area contributed by atoms with Crippen LogP contribution in [0.5, 0.6) is 11.5 Å². The van der Waals surface area contributed by atoms with Crippen molar-refractivity contribution in [1.29, 1.82) is 0 Å². The fourth-order valence-corrected chi connectivity index (χ4v) is 3.05. The Hall–Kier alpha value is -2.45. The normalized spacial score (nSPS) is 20.2. The van der Waals surface area contributed by atoms with E-state index in [0.29, 0.717) is 36.6 Å². The summed E-state index contributed by atoms with van der Waals surface area (Å²) in [6, 6.07) is 5.92. The Morgan fingerprint density at radius 2 is 2.04 bits per heavy atom. The van der Waals surface area contributed by atoms with Crippen molar-refractivity contribution in [2.24, 2.45) is 5.92 Å². The first-order chi connectivity index (χ1) is 12.4. The van der Waals surface area contributed by atoms with E-state index in [1.165, 1.54) is 18.3 Å². The minimum Gasteiger partial charge on any atom is -0.395 e. The molecular weight excluding hydrogens is 370 g/mol. The van der Waals surface area contributed by atoms with Crippen LogP contribution in [0.4, 0.5) is 14.6 Å². The fourth-order valence-electron chi connectivity index (χ4n) is 2.79. The molecule has 26 heavy (non-hydrogen) atoms. The van der Waals surface area contributed by atoms with Gasteiger partial charge in [0.05, 0.1) is 17.5 Å². The number of aromatic nitrogens is 1. The second-order valence-electron chi connectivity index (χ2n) is 5.93.